The monoisotopic (exact) mass is 410 g/mol. The third-order valence-corrected chi connectivity index (χ3v) is 4.10. The Balaban J connectivity index is 1.82. The summed E-state index contributed by atoms with van der Waals surface area (Å²) in [6.07, 6.45) is -3.98. The summed E-state index contributed by atoms with van der Waals surface area (Å²) in [4.78, 5) is 23.7. The number of esters is 1. The largest absolute Gasteiger partial charge is 0.496 e. The van der Waals surface area contributed by atoms with E-state index in [1.165, 1.54) is 26.4 Å². The standard InChI is InChI=1S/C20H21F3N2O4/c1-28-17-8-5-14(11-16(17)18(26)29-2)12-25-19(27)24-10-9-13-3-6-15(7-4-13)20(21,22)23/h3-8,11H,9-10,12H2,1-2H3,(H2,24,25,27). The first kappa shape index (κ1) is 22.1. The van der Waals surface area contributed by atoms with E-state index in [1.807, 2.05) is 0 Å². The fraction of sp³-hybridized carbons (Fsp3) is 0.300. The second-order valence-electron chi connectivity index (χ2n) is 6.08. The van der Waals surface area contributed by atoms with Crippen molar-refractivity contribution in [2.75, 3.05) is 20.8 Å². The fourth-order valence-electron chi connectivity index (χ4n) is 2.56. The zero-order valence-corrected chi connectivity index (χ0v) is 15.9. The van der Waals surface area contributed by atoms with E-state index >= 15 is 0 Å². The quantitative estimate of drug-likeness (QED) is 0.685. The van der Waals surface area contributed by atoms with Gasteiger partial charge in [-0.15, -0.1) is 0 Å². The highest BCUT2D eigenvalue weighted by atomic mass is 19.4. The van der Waals surface area contributed by atoms with Crippen LogP contribution < -0.4 is 15.4 Å². The molecule has 2 amide bonds. The third kappa shape index (κ3) is 6.41. The van der Waals surface area contributed by atoms with Gasteiger partial charge < -0.3 is 20.1 Å². The molecule has 2 aromatic rings. The second kappa shape index (κ2) is 9.81. The average Bonchev–Trinajstić information content (AvgIpc) is 2.71. The number of alkyl halides is 3. The highest BCUT2D eigenvalue weighted by Crippen LogP contribution is 2.29. The van der Waals surface area contributed by atoms with Crippen molar-refractivity contribution in [1.29, 1.82) is 0 Å². The van der Waals surface area contributed by atoms with Gasteiger partial charge >= 0.3 is 18.2 Å². The van der Waals surface area contributed by atoms with Gasteiger partial charge in [0.25, 0.3) is 0 Å². The minimum absolute atomic E-state index is 0.167. The Morgan fingerprint density at radius 3 is 2.21 bits per heavy atom. The van der Waals surface area contributed by atoms with E-state index in [0.29, 0.717) is 23.3 Å². The summed E-state index contributed by atoms with van der Waals surface area (Å²) in [6, 6.07) is 9.22. The van der Waals surface area contributed by atoms with E-state index in [9.17, 15) is 22.8 Å². The van der Waals surface area contributed by atoms with Gasteiger partial charge in [0, 0.05) is 13.1 Å². The number of benzene rings is 2. The Hall–Kier alpha value is -3.23. The Morgan fingerprint density at radius 1 is 0.966 bits per heavy atom. The van der Waals surface area contributed by atoms with Crippen molar-refractivity contribution in [3.8, 4) is 5.75 Å². The van der Waals surface area contributed by atoms with Gasteiger partial charge in [0.15, 0.2) is 0 Å². The third-order valence-electron chi connectivity index (χ3n) is 4.10. The molecule has 2 N–H and O–H groups in total. The normalized spacial score (nSPS) is 10.9. The number of rotatable bonds is 7. The molecule has 0 aliphatic heterocycles. The number of hydrogen-bond acceptors (Lipinski definition) is 4. The lowest BCUT2D eigenvalue weighted by molar-refractivity contribution is -0.137. The summed E-state index contributed by atoms with van der Waals surface area (Å²) in [7, 11) is 2.70. The first-order valence-electron chi connectivity index (χ1n) is 8.67. The highest BCUT2D eigenvalue weighted by Gasteiger charge is 2.29. The van der Waals surface area contributed by atoms with Crippen molar-refractivity contribution in [3.63, 3.8) is 0 Å². The Labute approximate surface area is 166 Å². The molecule has 0 radical (unpaired) electrons. The zero-order chi connectivity index (χ0) is 21.4. The van der Waals surface area contributed by atoms with Crippen molar-refractivity contribution in [3.05, 3.63) is 64.7 Å². The molecule has 156 valence electrons. The topological polar surface area (TPSA) is 76.7 Å². The van der Waals surface area contributed by atoms with Gasteiger partial charge in [-0.1, -0.05) is 18.2 Å². The van der Waals surface area contributed by atoms with Crippen molar-refractivity contribution >= 4 is 12.0 Å². The molecule has 0 atom stereocenters. The minimum Gasteiger partial charge on any atom is -0.496 e. The Morgan fingerprint density at radius 2 is 1.62 bits per heavy atom. The second-order valence-corrected chi connectivity index (χ2v) is 6.08. The van der Waals surface area contributed by atoms with Gasteiger partial charge in [-0.25, -0.2) is 9.59 Å². The Bertz CT molecular complexity index is 852. The number of halogens is 3. The van der Waals surface area contributed by atoms with Crippen LogP contribution in [0.4, 0.5) is 18.0 Å². The molecule has 0 bridgehead atoms. The fourth-order valence-corrected chi connectivity index (χ4v) is 2.56. The molecule has 0 aromatic heterocycles. The highest BCUT2D eigenvalue weighted by molar-refractivity contribution is 5.92. The molecule has 0 fully saturated rings. The smallest absolute Gasteiger partial charge is 0.416 e. The summed E-state index contributed by atoms with van der Waals surface area (Å²) in [6.45, 7) is 0.424. The number of carbonyl (C=O) groups is 2. The van der Waals surface area contributed by atoms with Gasteiger partial charge in [0.1, 0.15) is 11.3 Å². The molecule has 6 nitrogen and oxygen atoms in total. The van der Waals surface area contributed by atoms with E-state index in [0.717, 1.165) is 12.1 Å². The first-order chi connectivity index (χ1) is 13.7. The maximum absolute atomic E-state index is 12.5. The van der Waals surface area contributed by atoms with Crippen LogP contribution >= 0.6 is 0 Å². The van der Waals surface area contributed by atoms with E-state index < -0.39 is 23.7 Å². The molecule has 0 saturated heterocycles. The first-order valence-corrected chi connectivity index (χ1v) is 8.67. The lowest BCUT2D eigenvalue weighted by Crippen LogP contribution is -2.36. The van der Waals surface area contributed by atoms with Crippen LogP contribution in [-0.2, 0) is 23.9 Å². The van der Waals surface area contributed by atoms with Crippen LogP contribution in [0.15, 0.2) is 42.5 Å². The Kier molecular flexibility index (Phi) is 7.46. The predicted molar refractivity (Wildman–Crippen MR) is 99.7 cm³/mol. The van der Waals surface area contributed by atoms with Gasteiger partial charge in [0.2, 0.25) is 0 Å². The molecular formula is C20H21F3N2O4. The van der Waals surface area contributed by atoms with Gasteiger partial charge in [-0.2, -0.15) is 13.2 Å². The minimum atomic E-state index is -4.37. The summed E-state index contributed by atoms with van der Waals surface area (Å²) >= 11 is 0. The van der Waals surface area contributed by atoms with E-state index in [2.05, 4.69) is 10.6 Å². The van der Waals surface area contributed by atoms with Crippen LogP contribution in [0.1, 0.15) is 27.0 Å². The number of methoxy groups -OCH3 is 2. The summed E-state index contributed by atoms with van der Waals surface area (Å²) in [5.41, 5.74) is 0.884. The van der Waals surface area contributed by atoms with Crippen molar-refractivity contribution in [2.45, 2.75) is 19.1 Å². The van der Waals surface area contributed by atoms with Crippen molar-refractivity contribution in [1.82, 2.24) is 10.6 Å². The van der Waals surface area contributed by atoms with Crippen LogP contribution in [0.3, 0.4) is 0 Å². The number of hydrogen-bond donors (Lipinski definition) is 2. The average molecular weight is 410 g/mol. The van der Waals surface area contributed by atoms with E-state index in [1.54, 1.807) is 18.2 Å². The molecule has 0 heterocycles. The summed E-state index contributed by atoms with van der Waals surface area (Å²) in [5, 5.41) is 5.27. The predicted octanol–water partition coefficient (Wildman–Crippen LogP) is 3.54. The van der Waals surface area contributed by atoms with Crippen LogP contribution in [0.25, 0.3) is 0 Å². The van der Waals surface area contributed by atoms with Crippen LogP contribution in [0.5, 0.6) is 5.75 Å². The van der Waals surface area contributed by atoms with Crippen LogP contribution in [-0.4, -0.2) is 32.8 Å². The SMILES string of the molecule is COC(=O)c1cc(CNC(=O)NCCc2ccc(C(F)(F)F)cc2)ccc1OC. The molecule has 9 heteroatoms. The van der Waals surface area contributed by atoms with Crippen molar-refractivity contribution < 1.29 is 32.2 Å². The van der Waals surface area contributed by atoms with Crippen LogP contribution in [0.2, 0.25) is 0 Å². The number of ether oxygens (including phenoxy) is 2. The maximum Gasteiger partial charge on any atom is 0.416 e. The van der Waals surface area contributed by atoms with Gasteiger partial charge in [0.05, 0.1) is 19.8 Å². The van der Waals surface area contributed by atoms with E-state index in [-0.39, 0.29) is 18.7 Å². The molecule has 0 aliphatic rings. The molecule has 0 saturated carbocycles. The van der Waals surface area contributed by atoms with Crippen LogP contribution in [0, 0.1) is 0 Å². The van der Waals surface area contributed by atoms with Crippen molar-refractivity contribution in [2.24, 2.45) is 0 Å². The number of carbonyl (C=O) groups excluding carboxylic acids is 2. The lowest BCUT2D eigenvalue weighted by Gasteiger charge is -2.11. The molecule has 2 aromatic carbocycles. The molecule has 2 rings (SSSR count). The number of urea groups is 1. The lowest BCUT2D eigenvalue weighted by atomic mass is 10.1. The summed E-state index contributed by atoms with van der Waals surface area (Å²) < 4.78 is 47.4. The maximum atomic E-state index is 12.5. The number of amides is 2. The van der Waals surface area contributed by atoms with Gasteiger partial charge in [-0.05, 0) is 41.8 Å². The van der Waals surface area contributed by atoms with Gasteiger partial charge in [-0.3, -0.25) is 0 Å². The molecule has 0 unspecified atom stereocenters. The molecule has 0 aliphatic carbocycles. The molecule has 0 spiro atoms. The van der Waals surface area contributed by atoms with E-state index in [4.69, 9.17) is 9.47 Å². The molecular weight excluding hydrogens is 389 g/mol. The molecule has 29 heavy (non-hydrogen) atoms. The number of nitrogens with one attached hydrogen (secondary N) is 2. The summed E-state index contributed by atoms with van der Waals surface area (Å²) in [5.74, 6) is -0.189. The zero-order valence-electron chi connectivity index (χ0n) is 15.9.